The Hall–Kier alpha value is -2.74. The van der Waals surface area contributed by atoms with Crippen molar-refractivity contribution in [3.8, 4) is 11.5 Å². The molecule has 2 rings (SSSR count). The molecule has 0 unspecified atom stereocenters. The fraction of sp³-hybridized carbons (Fsp3) is 0.250. The van der Waals surface area contributed by atoms with E-state index in [0.29, 0.717) is 24.2 Å². The van der Waals surface area contributed by atoms with E-state index < -0.39 is 11.8 Å². The molecule has 1 aromatic carbocycles. The molecule has 0 saturated carbocycles. The maximum absolute atomic E-state index is 11.8. The number of nitrogens with one attached hydrogen (secondary N) is 2. The van der Waals surface area contributed by atoms with Crippen LogP contribution < -0.4 is 20.1 Å². The maximum atomic E-state index is 11.8. The quantitative estimate of drug-likeness (QED) is 0.274. The first kappa shape index (κ1) is 17.6. The highest BCUT2D eigenvalue weighted by Crippen LogP contribution is 2.29. The number of methoxy groups -OCH3 is 1. The third kappa shape index (κ3) is 4.17. The van der Waals surface area contributed by atoms with Crippen LogP contribution in [0, 0.1) is 0 Å². The summed E-state index contributed by atoms with van der Waals surface area (Å²) in [6.07, 6.45) is 2.37. The normalized spacial score (nSPS) is 13.9. The van der Waals surface area contributed by atoms with E-state index >= 15 is 0 Å². The van der Waals surface area contributed by atoms with Gasteiger partial charge in [-0.15, -0.1) is 0 Å². The first-order chi connectivity index (χ1) is 11.4. The lowest BCUT2D eigenvalue weighted by Gasteiger charge is -2.16. The van der Waals surface area contributed by atoms with Gasteiger partial charge >= 0.3 is 5.97 Å². The number of benzene rings is 1. The van der Waals surface area contributed by atoms with Gasteiger partial charge in [0.25, 0.3) is 11.8 Å². The molecule has 1 saturated heterocycles. The number of carbonyl (C=O) groups excluding carboxylic acids is 3. The lowest BCUT2D eigenvalue weighted by atomic mass is 10.1. The van der Waals surface area contributed by atoms with Crippen molar-refractivity contribution < 1.29 is 23.9 Å². The molecule has 1 fully saturated rings. The standard InChI is InChI=1S/C16H16N2O5S/c1-3-4-13(19)23-11-6-5-9(8-12(11)22-2)7-10-14(20)17-16(24)18-15(10)21/h5-8H,3-4H2,1-2H3,(H2,17,18,20,21,24). The molecule has 2 N–H and O–H groups in total. The van der Waals surface area contributed by atoms with Gasteiger partial charge in [0.2, 0.25) is 0 Å². The predicted octanol–water partition coefficient (Wildman–Crippen LogP) is 1.31. The molecular formula is C16H16N2O5S. The predicted molar refractivity (Wildman–Crippen MR) is 90.4 cm³/mol. The molecule has 1 aliphatic heterocycles. The van der Waals surface area contributed by atoms with Gasteiger partial charge in [-0.25, -0.2) is 0 Å². The second-order valence-electron chi connectivity index (χ2n) is 4.93. The van der Waals surface area contributed by atoms with Crippen LogP contribution in [0.4, 0.5) is 0 Å². The molecular weight excluding hydrogens is 332 g/mol. The van der Waals surface area contributed by atoms with E-state index in [1.807, 2.05) is 6.92 Å². The van der Waals surface area contributed by atoms with Gasteiger partial charge in [0.05, 0.1) is 7.11 Å². The van der Waals surface area contributed by atoms with Crippen LogP contribution in [0.25, 0.3) is 6.08 Å². The summed E-state index contributed by atoms with van der Waals surface area (Å²) >= 11 is 4.74. The van der Waals surface area contributed by atoms with E-state index in [0.717, 1.165) is 0 Å². The Balaban J connectivity index is 2.27. The summed E-state index contributed by atoms with van der Waals surface area (Å²) in [4.78, 5) is 35.3. The Morgan fingerprint density at radius 1 is 1.21 bits per heavy atom. The van der Waals surface area contributed by atoms with Crippen LogP contribution in [0.5, 0.6) is 11.5 Å². The van der Waals surface area contributed by atoms with Crippen LogP contribution in [0.1, 0.15) is 25.3 Å². The fourth-order valence-corrected chi connectivity index (χ4v) is 2.19. The van der Waals surface area contributed by atoms with Crippen molar-refractivity contribution in [3.63, 3.8) is 0 Å². The van der Waals surface area contributed by atoms with Gasteiger partial charge in [-0.3, -0.25) is 25.0 Å². The Morgan fingerprint density at radius 2 is 1.88 bits per heavy atom. The van der Waals surface area contributed by atoms with E-state index in [1.54, 1.807) is 18.2 Å². The van der Waals surface area contributed by atoms with Gasteiger partial charge in [-0.1, -0.05) is 13.0 Å². The molecule has 2 amide bonds. The third-order valence-electron chi connectivity index (χ3n) is 3.12. The van der Waals surface area contributed by atoms with Gasteiger partial charge in [0.1, 0.15) is 5.57 Å². The molecule has 0 atom stereocenters. The molecule has 0 radical (unpaired) electrons. The molecule has 0 bridgehead atoms. The van der Waals surface area contributed by atoms with Crippen LogP contribution in [-0.2, 0) is 14.4 Å². The third-order valence-corrected chi connectivity index (χ3v) is 3.32. The van der Waals surface area contributed by atoms with E-state index in [-0.39, 0.29) is 22.4 Å². The first-order valence-electron chi connectivity index (χ1n) is 7.21. The molecule has 1 aromatic rings. The Morgan fingerprint density at radius 3 is 2.46 bits per heavy atom. The molecule has 0 aliphatic carbocycles. The molecule has 1 aliphatic rings. The van der Waals surface area contributed by atoms with Crippen molar-refractivity contribution in [2.24, 2.45) is 0 Å². The summed E-state index contributed by atoms with van der Waals surface area (Å²) in [5.74, 6) is -0.929. The smallest absolute Gasteiger partial charge is 0.311 e. The molecule has 7 nitrogen and oxygen atoms in total. The summed E-state index contributed by atoms with van der Waals surface area (Å²) in [5.41, 5.74) is 0.455. The van der Waals surface area contributed by atoms with Gasteiger partial charge in [0, 0.05) is 6.42 Å². The first-order valence-corrected chi connectivity index (χ1v) is 7.62. The van der Waals surface area contributed by atoms with Gasteiger partial charge < -0.3 is 9.47 Å². The minimum absolute atomic E-state index is 0.0297. The summed E-state index contributed by atoms with van der Waals surface area (Å²) in [6.45, 7) is 1.87. The van der Waals surface area contributed by atoms with Gasteiger partial charge in [-0.2, -0.15) is 0 Å². The highest BCUT2D eigenvalue weighted by molar-refractivity contribution is 7.80. The second kappa shape index (κ2) is 7.69. The van der Waals surface area contributed by atoms with Crippen molar-refractivity contribution >= 4 is 41.2 Å². The Bertz CT molecular complexity index is 720. The van der Waals surface area contributed by atoms with Crippen molar-refractivity contribution in [1.82, 2.24) is 10.6 Å². The van der Waals surface area contributed by atoms with Crippen molar-refractivity contribution in [2.75, 3.05) is 7.11 Å². The Labute approximate surface area is 144 Å². The number of hydrogen-bond acceptors (Lipinski definition) is 6. The molecule has 0 aromatic heterocycles. The van der Waals surface area contributed by atoms with Gasteiger partial charge in [0.15, 0.2) is 16.6 Å². The van der Waals surface area contributed by atoms with Crippen LogP contribution in [0.3, 0.4) is 0 Å². The maximum Gasteiger partial charge on any atom is 0.311 e. The summed E-state index contributed by atoms with van der Waals surface area (Å²) in [7, 11) is 1.43. The topological polar surface area (TPSA) is 93.7 Å². The lowest BCUT2D eigenvalue weighted by molar-refractivity contribution is -0.134. The number of rotatable bonds is 5. The van der Waals surface area contributed by atoms with Crippen molar-refractivity contribution in [3.05, 3.63) is 29.3 Å². The minimum atomic E-state index is -0.582. The highest BCUT2D eigenvalue weighted by Gasteiger charge is 2.25. The van der Waals surface area contributed by atoms with E-state index in [1.165, 1.54) is 13.2 Å². The lowest BCUT2D eigenvalue weighted by Crippen LogP contribution is -2.51. The molecule has 126 valence electrons. The summed E-state index contributed by atoms with van der Waals surface area (Å²) < 4.78 is 10.4. The molecule has 8 heteroatoms. The van der Waals surface area contributed by atoms with Gasteiger partial charge in [-0.05, 0) is 42.4 Å². The zero-order valence-corrected chi connectivity index (χ0v) is 14.0. The van der Waals surface area contributed by atoms with E-state index in [4.69, 9.17) is 21.7 Å². The number of esters is 1. The monoisotopic (exact) mass is 348 g/mol. The van der Waals surface area contributed by atoms with Crippen LogP contribution in [-0.4, -0.2) is 30.0 Å². The van der Waals surface area contributed by atoms with Crippen LogP contribution in [0.2, 0.25) is 0 Å². The van der Waals surface area contributed by atoms with Crippen molar-refractivity contribution in [2.45, 2.75) is 19.8 Å². The SMILES string of the molecule is CCCC(=O)Oc1ccc(C=C2C(=O)NC(=S)NC2=O)cc1OC. The van der Waals surface area contributed by atoms with Crippen LogP contribution >= 0.6 is 12.2 Å². The second-order valence-corrected chi connectivity index (χ2v) is 5.34. The fourth-order valence-electron chi connectivity index (χ4n) is 2.01. The molecule has 1 heterocycles. The average molecular weight is 348 g/mol. The highest BCUT2D eigenvalue weighted by atomic mass is 32.1. The van der Waals surface area contributed by atoms with Crippen molar-refractivity contribution in [1.29, 1.82) is 0 Å². The zero-order chi connectivity index (χ0) is 17.7. The summed E-state index contributed by atoms with van der Waals surface area (Å²) in [5, 5.41) is 4.67. The molecule has 24 heavy (non-hydrogen) atoms. The number of carbonyl (C=O) groups is 3. The summed E-state index contributed by atoms with van der Waals surface area (Å²) in [6, 6.07) is 4.72. The largest absolute Gasteiger partial charge is 0.493 e. The van der Waals surface area contributed by atoms with Crippen LogP contribution in [0.15, 0.2) is 23.8 Å². The number of amides is 2. The number of ether oxygens (including phenoxy) is 2. The zero-order valence-electron chi connectivity index (χ0n) is 13.2. The number of hydrogen-bond donors (Lipinski definition) is 2. The van der Waals surface area contributed by atoms with E-state index in [9.17, 15) is 14.4 Å². The molecule has 0 spiro atoms. The van der Waals surface area contributed by atoms with E-state index in [2.05, 4.69) is 10.6 Å². The number of thiocarbonyl (C=S) groups is 1. The minimum Gasteiger partial charge on any atom is -0.493 e. The average Bonchev–Trinajstić information content (AvgIpc) is 2.52. The Kier molecular flexibility index (Phi) is 5.64.